The highest BCUT2D eigenvalue weighted by molar-refractivity contribution is 6.32. The molecule has 4 rings (SSSR count). The molecular weight excluding hydrogens is 539 g/mol. The molecular formula is C27H29ClF3N3O5. The van der Waals surface area contributed by atoms with Crippen LogP contribution >= 0.6 is 11.6 Å². The molecule has 3 aromatic rings. The molecule has 210 valence electrons. The van der Waals surface area contributed by atoms with Crippen LogP contribution in [0.3, 0.4) is 0 Å². The maximum Gasteiger partial charge on any atom is 0.249 e. The van der Waals surface area contributed by atoms with Crippen LogP contribution in [0.15, 0.2) is 36.5 Å². The van der Waals surface area contributed by atoms with Crippen LogP contribution in [0.2, 0.25) is 5.02 Å². The van der Waals surface area contributed by atoms with Gasteiger partial charge in [-0.1, -0.05) is 11.6 Å². The number of aromatic nitrogens is 1. The second-order valence-corrected chi connectivity index (χ2v) is 9.97. The van der Waals surface area contributed by atoms with Crippen LogP contribution < -0.4 is 15.0 Å². The van der Waals surface area contributed by atoms with E-state index in [-0.39, 0.29) is 24.5 Å². The lowest BCUT2D eigenvalue weighted by Crippen LogP contribution is -2.49. The van der Waals surface area contributed by atoms with Crippen molar-refractivity contribution in [1.29, 1.82) is 0 Å². The van der Waals surface area contributed by atoms with Gasteiger partial charge in [-0.2, -0.15) is 0 Å². The van der Waals surface area contributed by atoms with Crippen LogP contribution in [0.5, 0.6) is 11.5 Å². The minimum Gasteiger partial charge on any atom is -0.497 e. The van der Waals surface area contributed by atoms with Crippen molar-refractivity contribution in [3.8, 4) is 11.5 Å². The van der Waals surface area contributed by atoms with E-state index in [0.717, 1.165) is 0 Å². The first-order chi connectivity index (χ1) is 18.7. The molecule has 0 saturated carbocycles. The van der Waals surface area contributed by atoms with Gasteiger partial charge in [0.15, 0.2) is 17.4 Å². The molecule has 12 heteroatoms. The quantitative estimate of drug-likeness (QED) is 0.239. The van der Waals surface area contributed by atoms with E-state index in [1.54, 1.807) is 23.7 Å². The zero-order chi connectivity index (χ0) is 28.2. The average molecular weight is 568 g/mol. The maximum atomic E-state index is 13.8. The minimum absolute atomic E-state index is 0.0472. The fraction of sp³-hybridized carbons (Fsp3) is 0.407. The summed E-state index contributed by atoms with van der Waals surface area (Å²) < 4.78 is 51.2. The van der Waals surface area contributed by atoms with E-state index < -0.39 is 40.6 Å². The van der Waals surface area contributed by atoms with E-state index in [0.29, 0.717) is 66.8 Å². The molecule has 1 aromatic heterocycles. The Kier molecular flexibility index (Phi) is 9.16. The molecule has 0 spiro atoms. The fourth-order valence-corrected chi connectivity index (χ4v) is 5.32. The van der Waals surface area contributed by atoms with Crippen molar-refractivity contribution < 1.29 is 37.8 Å². The van der Waals surface area contributed by atoms with Crippen LogP contribution in [0.4, 0.5) is 13.2 Å². The number of carbonyl (C=O) groups excluding carboxylic acids is 1. The van der Waals surface area contributed by atoms with E-state index in [1.165, 1.54) is 13.3 Å². The van der Waals surface area contributed by atoms with Crippen LogP contribution in [0.25, 0.3) is 10.9 Å². The van der Waals surface area contributed by atoms with Gasteiger partial charge in [-0.15, -0.1) is 0 Å². The number of pyridine rings is 1. The molecule has 1 saturated heterocycles. The highest BCUT2D eigenvalue weighted by atomic mass is 35.5. The summed E-state index contributed by atoms with van der Waals surface area (Å²) in [4.78, 5) is 19.0. The fourth-order valence-electron chi connectivity index (χ4n) is 5.05. The number of hydroxylamine groups is 1. The summed E-state index contributed by atoms with van der Waals surface area (Å²) >= 11 is 6.41. The van der Waals surface area contributed by atoms with E-state index in [4.69, 9.17) is 21.1 Å². The first kappa shape index (κ1) is 28.9. The molecule has 0 bridgehead atoms. The summed E-state index contributed by atoms with van der Waals surface area (Å²) in [5.74, 6) is -3.88. The van der Waals surface area contributed by atoms with Gasteiger partial charge in [-0.3, -0.25) is 19.9 Å². The number of amides is 1. The molecule has 0 aliphatic carbocycles. The number of nitrogens with zero attached hydrogens (tertiary/aromatic N) is 2. The third-order valence-corrected chi connectivity index (χ3v) is 7.61. The normalized spacial score (nSPS) is 16.2. The zero-order valence-corrected chi connectivity index (χ0v) is 22.0. The molecule has 2 heterocycles. The van der Waals surface area contributed by atoms with Crippen LogP contribution in [-0.2, 0) is 4.79 Å². The SMILES string of the molecule is COc1ccc2ncc(Cl)c(C(O)CCC3(C(=O)NO)CCN(CCOc4c(F)cc(F)cc4F)CC3)c2c1. The Morgan fingerprint density at radius 1 is 1.21 bits per heavy atom. The van der Waals surface area contributed by atoms with Gasteiger partial charge in [-0.05, 0) is 57.0 Å². The molecule has 1 atom stereocenters. The van der Waals surface area contributed by atoms with E-state index in [2.05, 4.69) is 4.98 Å². The second kappa shape index (κ2) is 12.4. The number of piperidine rings is 1. The molecule has 1 amide bonds. The first-order valence-corrected chi connectivity index (χ1v) is 12.8. The Morgan fingerprint density at radius 2 is 1.90 bits per heavy atom. The molecule has 39 heavy (non-hydrogen) atoms. The number of aliphatic hydroxyl groups is 1. The van der Waals surface area contributed by atoms with Crippen LogP contribution in [0, 0.1) is 22.9 Å². The average Bonchev–Trinajstić information content (AvgIpc) is 2.93. The van der Waals surface area contributed by atoms with Gasteiger partial charge in [0, 0.05) is 35.8 Å². The van der Waals surface area contributed by atoms with E-state index in [1.807, 2.05) is 4.90 Å². The number of aliphatic hydroxyl groups excluding tert-OH is 1. The van der Waals surface area contributed by atoms with Gasteiger partial charge in [0.1, 0.15) is 18.2 Å². The van der Waals surface area contributed by atoms with Crippen molar-refractivity contribution in [2.45, 2.75) is 31.8 Å². The Morgan fingerprint density at radius 3 is 2.54 bits per heavy atom. The van der Waals surface area contributed by atoms with Crippen molar-refractivity contribution in [3.63, 3.8) is 0 Å². The van der Waals surface area contributed by atoms with E-state index in [9.17, 15) is 28.3 Å². The maximum absolute atomic E-state index is 13.8. The molecule has 1 aliphatic heterocycles. The highest BCUT2D eigenvalue weighted by Crippen LogP contribution is 2.41. The lowest BCUT2D eigenvalue weighted by molar-refractivity contribution is -0.144. The second-order valence-electron chi connectivity index (χ2n) is 9.57. The van der Waals surface area contributed by atoms with Crippen molar-refractivity contribution in [2.75, 3.05) is 33.4 Å². The van der Waals surface area contributed by atoms with Crippen molar-refractivity contribution in [1.82, 2.24) is 15.4 Å². The van der Waals surface area contributed by atoms with Gasteiger partial charge in [0.05, 0.1) is 29.2 Å². The number of fused-ring (bicyclic) bond motifs is 1. The number of likely N-dealkylation sites (tertiary alicyclic amines) is 1. The number of rotatable bonds is 10. The van der Waals surface area contributed by atoms with Crippen molar-refractivity contribution in [3.05, 3.63) is 64.6 Å². The molecule has 1 aliphatic rings. The highest BCUT2D eigenvalue weighted by Gasteiger charge is 2.41. The number of nitrogens with one attached hydrogen (secondary N) is 1. The summed E-state index contributed by atoms with van der Waals surface area (Å²) in [7, 11) is 1.53. The third-order valence-electron chi connectivity index (χ3n) is 7.31. The first-order valence-electron chi connectivity index (χ1n) is 12.4. The summed E-state index contributed by atoms with van der Waals surface area (Å²) in [6.07, 6.45) is 1.64. The summed E-state index contributed by atoms with van der Waals surface area (Å²) in [6.45, 7) is 1.15. The molecule has 1 unspecified atom stereocenters. The predicted molar refractivity (Wildman–Crippen MR) is 137 cm³/mol. The van der Waals surface area contributed by atoms with Gasteiger partial charge >= 0.3 is 0 Å². The molecule has 2 aromatic carbocycles. The van der Waals surface area contributed by atoms with Crippen LogP contribution in [0.1, 0.15) is 37.4 Å². The summed E-state index contributed by atoms with van der Waals surface area (Å²) in [5.41, 5.74) is 1.93. The summed E-state index contributed by atoms with van der Waals surface area (Å²) in [6, 6.07) is 6.36. The Labute approximate surface area is 228 Å². The standard InChI is InChI=1S/C27H29ClF3N3O5/c1-38-17-2-3-22-18(14-17)24(19(28)15-32-22)23(35)4-5-27(26(36)33-37)6-8-34(9-7-27)10-11-39-25-20(30)12-16(29)13-21(25)31/h2-3,12-15,23,35,37H,4-11H2,1H3,(H,33,36). The minimum atomic E-state index is -1.12. The van der Waals surface area contributed by atoms with Crippen molar-refractivity contribution >= 4 is 28.4 Å². The number of carbonyl (C=O) groups is 1. The predicted octanol–water partition coefficient (Wildman–Crippen LogP) is 4.79. The number of benzene rings is 2. The van der Waals surface area contributed by atoms with E-state index >= 15 is 0 Å². The largest absolute Gasteiger partial charge is 0.497 e. The zero-order valence-electron chi connectivity index (χ0n) is 21.2. The van der Waals surface area contributed by atoms with Gasteiger partial charge < -0.3 is 14.6 Å². The van der Waals surface area contributed by atoms with Gasteiger partial charge in [0.25, 0.3) is 0 Å². The topological polar surface area (TPSA) is 104 Å². The lowest BCUT2D eigenvalue weighted by atomic mass is 9.73. The molecule has 1 fully saturated rings. The van der Waals surface area contributed by atoms with Gasteiger partial charge in [0.2, 0.25) is 5.91 Å². The van der Waals surface area contributed by atoms with Crippen molar-refractivity contribution in [2.24, 2.45) is 5.41 Å². The number of hydrogen-bond acceptors (Lipinski definition) is 7. The lowest BCUT2D eigenvalue weighted by Gasteiger charge is -2.40. The van der Waals surface area contributed by atoms with Gasteiger partial charge in [-0.25, -0.2) is 18.7 Å². The number of ether oxygens (including phenoxy) is 2. The Hall–Kier alpha value is -3.12. The number of hydrogen-bond donors (Lipinski definition) is 3. The number of methoxy groups -OCH3 is 1. The number of halogens is 4. The summed E-state index contributed by atoms with van der Waals surface area (Å²) in [5, 5.41) is 21.5. The molecule has 0 radical (unpaired) electrons. The monoisotopic (exact) mass is 567 g/mol. The Balaban J connectivity index is 1.40. The molecule has 3 N–H and O–H groups in total. The third kappa shape index (κ3) is 6.38. The smallest absolute Gasteiger partial charge is 0.249 e. The van der Waals surface area contributed by atoms with Crippen LogP contribution in [-0.4, -0.2) is 59.5 Å². The molecule has 8 nitrogen and oxygen atoms in total. The Bertz CT molecular complexity index is 1310.